The van der Waals surface area contributed by atoms with Crippen LogP contribution < -0.4 is 5.32 Å². The van der Waals surface area contributed by atoms with Crippen molar-refractivity contribution in [1.29, 1.82) is 0 Å². The minimum Gasteiger partial charge on any atom is -0.444 e. The van der Waals surface area contributed by atoms with Crippen LogP contribution in [0, 0.1) is 0 Å². The van der Waals surface area contributed by atoms with E-state index in [1.54, 1.807) is 0 Å². The topological polar surface area (TPSA) is 41.6 Å². The number of nitrogens with one attached hydrogen (secondary N) is 1. The van der Waals surface area contributed by atoms with Crippen LogP contribution in [0.5, 0.6) is 0 Å². The molecule has 1 aliphatic heterocycles. The van der Waals surface area contributed by atoms with E-state index in [1.165, 1.54) is 0 Å². The first-order chi connectivity index (χ1) is 8.37. The van der Waals surface area contributed by atoms with Crippen LogP contribution in [0.4, 0.5) is 4.79 Å². The van der Waals surface area contributed by atoms with E-state index in [-0.39, 0.29) is 18.2 Å². The van der Waals surface area contributed by atoms with E-state index in [9.17, 15) is 4.79 Å². The van der Waals surface area contributed by atoms with Gasteiger partial charge in [-0.3, -0.25) is 0 Å². The molecule has 0 aromatic carbocycles. The largest absolute Gasteiger partial charge is 0.444 e. The molecule has 0 spiro atoms. The molecule has 0 bridgehead atoms. The summed E-state index contributed by atoms with van der Waals surface area (Å²) in [5.74, 6) is 0. The third kappa shape index (κ3) is 4.33. The van der Waals surface area contributed by atoms with Crippen LogP contribution in [-0.2, 0) is 4.74 Å². The Bertz CT molecular complexity index is 297. The standard InChI is InChI=1S/C14H26N2O2/c1-6-8-11-10-16(12(7-2)9-15-11)13(17)18-14(3,4)5/h6,11-12,15H,1,7-10H2,2-5H3/t11-,12-/m1/s1. The van der Waals surface area contributed by atoms with Gasteiger partial charge >= 0.3 is 6.09 Å². The number of rotatable bonds is 3. The summed E-state index contributed by atoms with van der Waals surface area (Å²) in [6, 6.07) is 0.513. The maximum Gasteiger partial charge on any atom is 0.410 e. The van der Waals surface area contributed by atoms with Crippen LogP contribution in [-0.4, -0.2) is 41.8 Å². The van der Waals surface area contributed by atoms with E-state index < -0.39 is 5.60 Å². The van der Waals surface area contributed by atoms with Gasteiger partial charge in [0.25, 0.3) is 0 Å². The molecule has 2 atom stereocenters. The summed E-state index contributed by atoms with van der Waals surface area (Å²) in [6.07, 6.45) is 3.49. The van der Waals surface area contributed by atoms with Crippen LogP contribution in [0.1, 0.15) is 40.5 Å². The lowest BCUT2D eigenvalue weighted by Gasteiger charge is -2.40. The predicted octanol–water partition coefficient (Wildman–Crippen LogP) is 2.55. The number of hydrogen-bond acceptors (Lipinski definition) is 3. The highest BCUT2D eigenvalue weighted by Gasteiger charge is 2.32. The first kappa shape index (κ1) is 15.0. The Labute approximate surface area is 110 Å². The number of nitrogens with zero attached hydrogens (tertiary/aromatic N) is 1. The molecule has 1 N–H and O–H groups in total. The fraction of sp³-hybridized carbons (Fsp3) is 0.786. The van der Waals surface area contributed by atoms with Gasteiger partial charge in [0.15, 0.2) is 0 Å². The summed E-state index contributed by atoms with van der Waals surface area (Å²) < 4.78 is 5.47. The second kappa shape index (κ2) is 6.23. The minimum atomic E-state index is -0.436. The highest BCUT2D eigenvalue weighted by atomic mass is 16.6. The zero-order valence-electron chi connectivity index (χ0n) is 12.0. The Hall–Kier alpha value is -1.03. The van der Waals surface area contributed by atoms with Crippen LogP contribution in [0.15, 0.2) is 12.7 Å². The van der Waals surface area contributed by atoms with Crippen molar-refractivity contribution >= 4 is 6.09 Å². The van der Waals surface area contributed by atoms with Crippen molar-refractivity contribution in [3.63, 3.8) is 0 Å². The second-order valence-corrected chi connectivity index (χ2v) is 5.82. The summed E-state index contributed by atoms with van der Waals surface area (Å²) in [4.78, 5) is 14.0. The highest BCUT2D eigenvalue weighted by Crippen LogP contribution is 2.17. The Balaban J connectivity index is 2.67. The van der Waals surface area contributed by atoms with E-state index in [0.717, 1.165) is 19.4 Å². The zero-order valence-corrected chi connectivity index (χ0v) is 12.0. The van der Waals surface area contributed by atoms with Gasteiger partial charge in [0.05, 0.1) is 0 Å². The lowest BCUT2D eigenvalue weighted by molar-refractivity contribution is 0.00713. The van der Waals surface area contributed by atoms with Gasteiger partial charge in [0, 0.05) is 25.2 Å². The third-order valence-corrected chi connectivity index (χ3v) is 3.05. The third-order valence-electron chi connectivity index (χ3n) is 3.05. The van der Waals surface area contributed by atoms with Crippen LogP contribution in [0.3, 0.4) is 0 Å². The van der Waals surface area contributed by atoms with E-state index >= 15 is 0 Å². The van der Waals surface area contributed by atoms with E-state index in [0.29, 0.717) is 6.54 Å². The van der Waals surface area contributed by atoms with Crippen molar-refractivity contribution in [2.24, 2.45) is 0 Å². The molecule has 1 fully saturated rings. The Morgan fingerprint density at radius 3 is 2.72 bits per heavy atom. The zero-order chi connectivity index (χ0) is 13.8. The molecule has 0 aromatic heterocycles. The number of piperazine rings is 1. The molecule has 0 aliphatic carbocycles. The quantitative estimate of drug-likeness (QED) is 0.787. The lowest BCUT2D eigenvalue weighted by Crippen LogP contribution is -2.58. The summed E-state index contributed by atoms with van der Waals surface area (Å²) in [5, 5.41) is 3.45. The van der Waals surface area contributed by atoms with Crippen molar-refractivity contribution in [2.75, 3.05) is 13.1 Å². The van der Waals surface area contributed by atoms with Crippen molar-refractivity contribution in [1.82, 2.24) is 10.2 Å². The van der Waals surface area contributed by atoms with Crippen molar-refractivity contribution in [3.8, 4) is 0 Å². The van der Waals surface area contributed by atoms with Gasteiger partial charge in [-0.05, 0) is 33.6 Å². The maximum atomic E-state index is 12.2. The number of amides is 1. The van der Waals surface area contributed by atoms with Gasteiger partial charge in [-0.1, -0.05) is 13.0 Å². The van der Waals surface area contributed by atoms with Gasteiger partial charge in [-0.2, -0.15) is 0 Å². The van der Waals surface area contributed by atoms with Gasteiger partial charge < -0.3 is 15.0 Å². The first-order valence-corrected chi connectivity index (χ1v) is 6.71. The molecule has 1 heterocycles. The van der Waals surface area contributed by atoms with E-state index in [2.05, 4.69) is 18.8 Å². The Morgan fingerprint density at radius 1 is 1.56 bits per heavy atom. The first-order valence-electron chi connectivity index (χ1n) is 6.71. The summed E-state index contributed by atoms with van der Waals surface area (Å²) in [7, 11) is 0. The van der Waals surface area contributed by atoms with Crippen LogP contribution in [0.2, 0.25) is 0 Å². The van der Waals surface area contributed by atoms with Crippen molar-refractivity contribution in [3.05, 3.63) is 12.7 Å². The van der Waals surface area contributed by atoms with E-state index in [1.807, 2.05) is 31.7 Å². The number of hydrogen-bond donors (Lipinski definition) is 1. The fourth-order valence-corrected chi connectivity index (χ4v) is 2.13. The van der Waals surface area contributed by atoms with Crippen molar-refractivity contribution in [2.45, 2.75) is 58.2 Å². The summed E-state index contributed by atoms with van der Waals surface area (Å²) in [5.41, 5.74) is -0.436. The maximum absolute atomic E-state index is 12.2. The average Bonchev–Trinajstić information content (AvgIpc) is 2.27. The molecule has 1 saturated heterocycles. The molecule has 0 radical (unpaired) electrons. The van der Waals surface area contributed by atoms with Crippen LogP contribution >= 0.6 is 0 Å². The van der Waals surface area contributed by atoms with Crippen LogP contribution in [0.25, 0.3) is 0 Å². The molecule has 104 valence electrons. The highest BCUT2D eigenvalue weighted by molar-refractivity contribution is 5.68. The molecular weight excluding hydrogens is 228 g/mol. The minimum absolute atomic E-state index is 0.204. The van der Waals surface area contributed by atoms with Gasteiger partial charge in [-0.25, -0.2) is 4.79 Å². The molecule has 1 amide bonds. The fourth-order valence-electron chi connectivity index (χ4n) is 2.13. The molecule has 1 aliphatic rings. The molecule has 0 saturated carbocycles. The smallest absolute Gasteiger partial charge is 0.410 e. The predicted molar refractivity (Wildman–Crippen MR) is 73.6 cm³/mol. The molecule has 1 rings (SSSR count). The van der Waals surface area contributed by atoms with Gasteiger partial charge in [0.1, 0.15) is 5.60 Å². The van der Waals surface area contributed by atoms with Gasteiger partial charge in [0.2, 0.25) is 0 Å². The normalized spacial score (nSPS) is 24.8. The molecular formula is C14H26N2O2. The number of carbonyl (C=O) groups is 1. The monoisotopic (exact) mass is 254 g/mol. The van der Waals surface area contributed by atoms with E-state index in [4.69, 9.17) is 4.74 Å². The lowest BCUT2D eigenvalue weighted by atomic mass is 10.1. The summed E-state index contributed by atoms with van der Waals surface area (Å²) in [6.45, 7) is 13.1. The number of carbonyl (C=O) groups excluding carboxylic acids is 1. The molecule has 4 nitrogen and oxygen atoms in total. The molecule has 0 aromatic rings. The second-order valence-electron chi connectivity index (χ2n) is 5.82. The Kier molecular flexibility index (Phi) is 5.20. The van der Waals surface area contributed by atoms with Gasteiger partial charge in [-0.15, -0.1) is 6.58 Å². The average molecular weight is 254 g/mol. The number of ether oxygens (including phenoxy) is 1. The van der Waals surface area contributed by atoms with Crippen molar-refractivity contribution < 1.29 is 9.53 Å². The summed E-state index contributed by atoms with van der Waals surface area (Å²) >= 11 is 0. The molecule has 0 unspecified atom stereocenters. The SMILES string of the molecule is C=CC[C@@H]1CN(C(=O)OC(C)(C)C)[C@H](CC)CN1. The molecule has 18 heavy (non-hydrogen) atoms. The molecule has 4 heteroatoms. The Morgan fingerprint density at radius 2 is 2.22 bits per heavy atom.